The van der Waals surface area contributed by atoms with Gasteiger partial charge in [-0.1, -0.05) is 13.8 Å². The Morgan fingerprint density at radius 3 is 2.05 bits per heavy atom. The molecule has 1 heterocycles. The third-order valence-electron chi connectivity index (χ3n) is 6.50. The highest BCUT2D eigenvalue weighted by molar-refractivity contribution is 5.99. The number of urea groups is 1. The minimum absolute atomic E-state index is 0.0456. The molecule has 5 aliphatic rings. The minimum atomic E-state index is -0.149. The summed E-state index contributed by atoms with van der Waals surface area (Å²) < 4.78 is 0. The summed E-state index contributed by atoms with van der Waals surface area (Å²) in [7, 11) is 0. The van der Waals surface area contributed by atoms with E-state index in [1.165, 1.54) is 19.3 Å². The first-order chi connectivity index (χ1) is 9.98. The lowest BCUT2D eigenvalue weighted by molar-refractivity contribution is -0.151. The Labute approximate surface area is 126 Å². The maximum Gasteiger partial charge on any atom is 0.324 e. The standard InChI is InChI=1S/C17H26N2O2/c1-10(2)14-9-18-16(21)19(15(14)20)17-6-11-3-12(7-17)5-13(4-11)8-17/h10-14H,3-9H2,1-2H3,(H,18,21). The van der Waals surface area contributed by atoms with Gasteiger partial charge in [-0.25, -0.2) is 4.79 Å². The highest BCUT2D eigenvalue weighted by Crippen LogP contribution is 2.58. The summed E-state index contributed by atoms with van der Waals surface area (Å²) in [6.45, 7) is 4.67. The Hall–Kier alpha value is -1.06. The van der Waals surface area contributed by atoms with E-state index in [2.05, 4.69) is 19.2 Å². The highest BCUT2D eigenvalue weighted by atomic mass is 16.2. The molecule has 0 radical (unpaired) electrons. The van der Waals surface area contributed by atoms with E-state index in [0.717, 1.165) is 37.0 Å². The minimum Gasteiger partial charge on any atom is -0.337 e. The van der Waals surface area contributed by atoms with E-state index in [0.29, 0.717) is 6.54 Å². The van der Waals surface area contributed by atoms with Crippen LogP contribution in [0.5, 0.6) is 0 Å². The van der Waals surface area contributed by atoms with Crippen molar-refractivity contribution in [3.63, 3.8) is 0 Å². The van der Waals surface area contributed by atoms with Gasteiger partial charge >= 0.3 is 6.03 Å². The fourth-order valence-corrected chi connectivity index (χ4v) is 5.94. The van der Waals surface area contributed by atoms with Gasteiger partial charge in [0.2, 0.25) is 5.91 Å². The van der Waals surface area contributed by atoms with Crippen LogP contribution in [0.15, 0.2) is 0 Å². The molecule has 3 amide bonds. The number of carbonyl (C=O) groups excluding carboxylic acids is 2. The first kappa shape index (κ1) is 13.6. The third kappa shape index (κ3) is 1.94. The lowest BCUT2D eigenvalue weighted by Crippen LogP contribution is -2.69. The van der Waals surface area contributed by atoms with E-state index >= 15 is 0 Å². The fraction of sp³-hybridized carbons (Fsp3) is 0.882. The maximum absolute atomic E-state index is 13.0. The summed E-state index contributed by atoms with van der Waals surface area (Å²) in [6, 6.07) is -0.126. The van der Waals surface area contributed by atoms with Crippen molar-refractivity contribution in [2.75, 3.05) is 6.54 Å². The summed E-state index contributed by atoms with van der Waals surface area (Å²) >= 11 is 0. The van der Waals surface area contributed by atoms with Crippen LogP contribution < -0.4 is 5.32 Å². The lowest BCUT2D eigenvalue weighted by Gasteiger charge is -2.60. The maximum atomic E-state index is 13.0. The molecular weight excluding hydrogens is 264 g/mol. The first-order valence-corrected chi connectivity index (χ1v) is 8.60. The second kappa shape index (κ2) is 4.47. The van der Waals surface area contributed by atoms with Crippen molar-refractivity contribution in [2.24, 2.45) is 29.6 Å². The average molecular weight is 290 g/mol. The van der Waals surface area contributed by atoms with Gasteiger partial charge in [0.1, 0.15) is 0 Å². The number of nitrogens with one attached hydrogen (secondary N) is 1. The van der Waals surface area contributed by atoms with Gasteiger partial charge in [-0.05, 0) is 62.2 Å². The zero-order chi connectivity index (χ0) is 14.8. The number of rotatable bonds is 2. The zero-order valence-corrected chi connectivity index (χ0v) is 13.1. The molecule has 4 nitrogen and oxygen atoms in total. The smallest absolute Gasteiger partial charge is 0.324 e. The molecular formula is C17H26N2O2. The summed E-state index contributed by atoms with van der Waals surface area (Å²) in [5.74, 6) is 2.57. The number of imide groups is 1. The summed E-state index contributed by atoms with van der Waals surface area (Å²) in [4.78, 5) is 27.1. The van der Waals surface area contributed by atoms with Crippen LogP contribution in [0.3, 0.4) is 0 Å². The average Bonchev–Trinajstić information content (AvgIpc) is 2.35. The molecule has 0 aromatic heterocycles. The van der Waals surface area contributed by atoms with Crippen LogP contribution in [0.2, 0.25) is 0 Å². The van der Waals surface area contributed by atoms with Crippen molar-refractivity contribution in [3.8, 4) is 0 Å². The molecule has 0 aromatic carbocycles. The van der Waals surface area contributed by atoms with Crippen LogP contribution in [-0.2, 0) is 4.79 Å². The van der Waals surface area contributed by atoms with Crippen molar-refractivity contribution in [2.45, 2.75) is 57.9 Å². The molecule has 0 aromatic rings. The number of nitrogens with zero attached hydrogens (tertiary/aromatic N) is 1. The number of amides is 3. The Bertz CT molecular complexity index is 450. The Morgan fingerprint density at radius 1 is 1.05 bits per heavy atom. The van der Waals surface area contributed by atoms with Crippen LogP contribution in [0, 0.1) is 29.6 Å². The van der Waals surface area contributed by atoms with E-state index in [4.69, 9.17) is 0 Å². The SMILES string of the molecule is CC(C)C1CNC(=O)N(C23CC4CC(CC(C4)C2)C3)C1=O. The predicted octanol–water partition coefficient (Wildman–Crippen LogP) is 2.78. The van der Waals surface area contributed by atoms with Gasteiger partial charge in [0, 0.05) is 6.54 Å². The number of hydrogen-bond acceptors (Lipinski definition) is 2. The molecule has 21 heavy (non-hydrogen) atoms. The van der Waals surface area contributed by atoms with Crippen LogP contribution >= 0.6 is 0 Å². The fourth-order valence-electron chi connectivity index (χ4n) is 5.94. The van der Waals surface area contributed by atoms with Crippen LogP contribution in [0.1, 0.15) is 52.4 Å². The Kier molecular flexibility index (Phi) is 2.89. The molecule has 0 spiro atoms. The Morgan fingerprint density at radius 2 is 1.57 bits per heavy atom. The highest BCUT2D eigenvalue weighted by Gasteiger charge is 2.57. The quantitative estimate of drug-likeness (QED) is 0.850. The van der Waals surface area contributed by atoms with Gasteiger partial charge in [-0.15, -0.1) is 0 Å². The van der Waals surface area contributed by atoms with Crippen LogP contribution in [0.25, 0.3) is 0 Å². The molecule has 1 saturated heterocycles. The summed E-state index contributed by atoms with van der Waals surface area (Å²) in [5.41, 5.74) is -0.149. The lowest BCUT2D eigenvalue weighted by atomic mass is 9.52. The van der Waals surface area contributed by atoms with E-state index in [-0.39, 0.29) is 29.3 Å². The number of carbonyl (C=O) groups is 2. The molecule has 1 N–H and O–H groups in total. The van der Waals surface area contributed by atoms with Crippen LogP contribution in [0.4, 0.5) is 4.79 Å². The van der Waals surface area contributed by atoms with Gasteiger partial charge in [0.05, 0.1) is 11.5 Å². The normalized spacial score (nSPS) is 45.4. The zero-order valence-electron chi connectivity index (χ0n) is 13.1. The molecule has 5 rings (SSSR count). The largest absolute Gasteiger partial charge is 0.337 e. The molecule has 1 unspecified atom stereocenters. The molecule has 4 heteroatoms. The van der Waals surface area contributed by atoms with Gasteiger partial charge in [-0.3, -0.25) is 9.69 Å². The van der Waals surface area contributed by atoms with Crippen molar-refractivity contribution < 1.29 is 9.59 Å². The van der Waals surface area contributed by atoms with E-state index in [1.807, 2.05) is 0 Å². The Balaban J connectivity index is 1.67. The molecule has 4 saturated carbocycles. The first-order valence-electron chi connectivity index (χ1n) is 8.60. The second-order valence-corrected chi connectivity index (χ2v) is 8.35. The number of hydrogen-bond donors (Lipinski definition) is 1. The molecule has 5 fully saturated rings. The summed E-state index contributed by atoms with van der Waals surface area (Å²) in [6.07, 6.45) is 7.17. The van der Waals surface area contributed by atoms with Crippen molar-refractivity contribution in [1.29, 1.82) is 0 Å². The molecule has 4 bridgehead atoms. The molecule has 1 aliphatic heterocycles. The van der Waals surface area contributed by atoms with Crippen LogP contribution in [-0.4, -0.2) is 28.9 Å². The molecule has 116 valence electrons. The van der Waals surface area contributed by atoms with Gasteiger partial charge in [-0.2, -0.15) is 0 Å². The topological polar surface area (TPSA) is 49.4 Å². The van der Waals surface area contributed by atoms with Crippen molar-refractivity contribution in [3.05, 3.63) is 0 Å². The molecule has 4 aliphatic carbocycles. The third-order valence-corrected chi connectivity index (χ3v) is 6.50. The van der Waals surface area contributed by atoms with Crippen molar-refractivity contribution in [1.82, 2.24) is 10.2 Å². The van der Waals surface area contributed by atoms with E-state index in [9.17, 15) is 9.59 Å². The van der Waals surface area contributed by atoms with Gasteiger partial charge in [0.15, 0.2) is 0 Å². The van der Waals surface area contributed by atoms with Gasteiger partial charge in [0.25, 0.3) is 0 Å². The summed E-state index contributed by atoms with van der Waals surface area (Å²) in [5, 5.41) is 2.99. The molecule has 1 atom stereocenters. The van der Waals surface area contributed by atoms with E-state index in [1.54, 1.807) is 4.90 Å². The van der Waals surface area contributed by atoms with Crippen molar-refractivity contribution >= 4 is 11.9 Å². The second-order valence-electron chi connectivity index (χ2n) is 8.35. The monoisotopic (exact) mass is 290 g/mol. The van der Waals surface area contributed by atoms with Gasteiger partial charge < -0.3 is 5.32 Å². The van der Waals surface area contributed by atoms with E-state index < -0.39 is 0 Å². The predicted molar refractivity (Wildman–Crippen MR) is 79.5 cm³/mol.